The van der Waals surface area contributed by atoms with Crippen molar-refractivity contribution in [1.82, 2.24) is 4.98 Å². The van der Waals surface area contributed by atoms with Gasteiger partial charge in [0.1, 0.15) is 11.6 Å². The van der Waals surface area contributed by atoms with Crippen LogP contribution < -0.4 is 10.1 Å². The molecule has 0 amide bonds. The maximum Gasteiger partial charge on any atom is 0.137 e. The number of aliphatic hydroxyl groups is 1. The van der Waals surface area contributed by atoms with Gasteiger partial charge in [0.05, 0.1) is 19.4 Å². The molecule has 78 valence electrons. The van der Waals surface area contributed by atoms with Gasteiger partial charge in [0, 0.05) is 6.54 Å². The van der Waals surface area contributed by atoms with Gasteiger partial charge in [-0.25, -0.2) is 4.98 Å². The lowest BCUT2D eigenvalue weighted by molar-refractivity contribution is 0.188. The highest BCUT2D eigenvalue weighted by Gasteiger charge is 1.97. The number of nitrogens with zero attached hydrogens (tertiary/aromatic N) is 1. The smallest absolute Gasteiger partial charge is 0.137 e. The van der Waals surface area contributed by atoms with E-state index in [0.29, 0.717) is 6.42 Å². The van der Waals surface area contributed by atoms with Crippen molar-refractivity contribution in [3.8, 4) is 5.75 Å². The minimum absolute atomic E-state index is 0.277. The molecule has 0 bridgehead atoms. The van der Waals surface area contributed by atoms with E-state index >= 15 is 0 Å². The maximum atomic E-state index is 9.03. The average Bonchev–Trinajstić information content (AvgIpc) is 2.18. The second kappa shape index (κ2) is 5.44. The molecule has 4 heteroatoms. The molecule has 1 atom stereocenters. The topological polar surface area (TPSA) is 54.4 Å². The van der Waals surface area contributed by atoms with E-state index in [9.17, 15) is 0 Å². The molecule has 1 unspecified atom stereocenters. The summed E-state index contributed by atoms with van der Waals surface area (Å²) < 4.78 is 4.98. The molecule has 0 radical (unpaired) electrons. The van der Waals surface area contributed by atoms with Crippen molar-refractivity contribution in [3.63, 3.8) is 0 Å². The van der Waals surface area contributed by atoms with Crippen LogP contribution in [0.2, 0.25) is 0 Å². The SMILES string of the molecule is COc1ccc(NCCC(C)O)nc1. The number of aromatic nitrogens is 1. The third-order valence-corrected chi connectivity index (χ3v) is 1.84. The van der Waals surface area contributed by atoms with Crippen molar-refractivity contribution in [2.24, 2.45) is 0 Å². The fourth-order valence-corrected chi connectivity index (χ4v) is 1.01. The zero-order valence-electron chi connectivity index (χ0n) is 8.53. The lowest BCUT2D eigenvalue weighted by Gasteiger charge is -2.07. The number of ether oxygens (including phenoxy) is 1. The number of anilines is 1. The van der Waals surface area contributed by atoms with Crippen molar-refractivity contribution >= 4 is 5.82 Å². The first-order valence-corrected chi connectivity index (χ1v) is 4.64. The maximum absolute atomic E-state index is 9.03. The van der Waals surface area contributed by atoms with Crippen LogP contribution in [0.5, 0.6) is 5.75 Å². The summed E-state index contributed by atoms with van der Waals surface area (Å²) in [6.07, 6.45) is 2.10. The predicted octanol–water partition coefficient (Wildman–Crippen LogP) is 1.27. The summed E-state index contributed by atoms with van der Waals surface area (Å²) in [5, 5.41) is 12.1. The molecule has 0 aliphatic heterocycles. The molecular weight excluding hydrogens is 180 g/mol. The van der Waals surface area contributed by atoms with Crippen molar-refractivity contribution in [2.75, 3.05) is 19.0 Å². The lowest BCUT2D eigenvalue weighted by atomic mass is 10.3. The third kappa shape index (κ3) is 3.62. The standard InChI is InChI=1S/C10H16N2O2/c1-8(13)5-6-11-10-4-3-9(14-2)7-12-10/h3-4,7-8,13H,5-6H2,1-2H3,(H,11,12). The Labute approximate surface area is 83.9 Å². The Morgan fingerprint density at radius 3 is 2.86 bits per heavy atom. The van der Waals surface area contributed by atoms with Crippen LogP contribution in [0.1, 0.15) is 13.3 Å². The quantitative estimate of drug-likeness (QED) is 0.744. The Morgan fingerprint density at radius 1 is 1.57 bits per heavy atom. The number of nitrogens with one attached hydrogen (secondary N) is 1. The van der Waals surface area contributed by atoms with Gasteiger partial charge in [-0.15, -0.1) is 0 Å². The molecule has 1 rings (SSSR count). The summed E-state index contributed by atoms with van der Waals surface area (Å²) in [5.41, 5.74) is 0. The zero-order chi connectivity index (χ0) is 10.4. The van der Waals surface area contributed by atoms with E-state index in [1.807, 2.05) is 12.1 Å². The molecule has 1 heterocycles. The summed E-state index contributed by atoms with van der Waals surface area (Å²) in [7, 11) is 1.61. The molecule has 4 nitrogen and oxygen atoms in total. The average molecular weight is 196 g/mol. The summed E-state index contributed by atoms with van der Waals surface area (Å²) in [6, 6.07) is 3.69. The normalized spacial score (nSPS) is 12.2. The number of aliphatic hydroxyl groups excluding tert-OH is 1. The Hall–Kier alpha value is -1.29. The summed E-state index contributed by atoms with van der Waals surface area (Å²) in [5.74, 6) is 1.54. The van der Waals surface area contributed by atoms with Crippen LogP contribution in [0.3, 0.4) is 0 Å². The molecule has 0 spiro atoms. The Bertz CT molecular complexity index is 259. The molecule has 0 fully saturated rings. The van der Waals surface area contributed by atoms with Crippen molar-refractivity contribution in [2.45, 2.75) is 19.4 Å². The summed E-state index contributed by atoms with van der Waals surface area (Å²) >= 11 is 0. The second-order valence-corrected chi connectivity index (χ2v) is 3.15. The molecule has 0 aliphatic carbocycles. The van der Waals surface area contributed by atoms with Crippen LogP contribution in [0.25, 0.3) is 0 Å². The lowest BCUT2D eigenvalue weighted by Crippen LogP contribution is -2.10. The zero-order valence-corrected chi connectivity index (χ0v) is 8.53. The molecule has 14 heavy (non-hydrogen) atoms. The van der Waals surface area contributed by atoms with Crippen LogP contribution in [-0.4, -0.2) is 29.8 Å². The number of methoxy groups -OCH3 is 1. The van der Waals surface area contributed by atoms with E-state index in [0.717, 1.165) is 18.1 Å². The molecule has 0 aliphatic rings. The highest BCUT2D eigenvalue weighted by molar-refractivity contribution is 5.37. The van der Waals surface area contributed by atoms with Gasteiger partial charge < -0.3 is 15.2 Å². The van der Waals surface area contributed by atoms with Gasteiger partial charge in [-0.1, -0.05) is 0 Å². The molecule has 1 aromatic rings. The van der Waals surface area contributed by atoms with Crippen LogP contribution in [-0.2, 0) is 0 Å². The van der Waals surface area contributed by atoms with Crippen molar-refractivity contribution in [1.29, 1.82) is 0 Å². The van der Waals surface area contributed by atoms with Crippen molar-refractivity contribution in [3.05, 3.63) is 18.3 Å². The van der Waals surface area contributed by atoms with Gasteiger partial charge in [0.15, 0.2) is 0 Å². The van der Waals surface area contributed by atoms with E-state index in [4.69, 9.17) is 9.84 Å². The molecule has 1 aromatic heterocycles. The van der Waals surface area contributed by atoms with E-state index in [1.54, 1.807) is 20.2 Å². The second-order valence-electron chi connectivity index (χ2n) is 3.15. The molecule has 0 saturated carbocycles. The number of pyridine rings is 1. The first kappa shape index (κ1) is 10.8. The monoisotopic (exact) mass is 196 g/mol. The van der Waals surface area contributed by atoms with Gasteiger partial charge in [-0.3, -0.25) is 0 Å². The van der Waals surface area contributed by atoms with Crippen LogP contribution in [0.4, 0.5) is 5.82 Å². The minimum atomic E-state index is -0.277. The Kier molecular flexibility index (Phi) is 4.19. The highest BCUT2D eigenvalue weighted by atomic mass is 16.5. The Balaban J connectivity index is 2.36. The first-order chi connectivity index (χ1) is 6.72. The molecule has 2 N–H and O–H groups in total. The van der Waals surface area contributed by atoms with Gasteiger partial charge in [0.25, 0.3) is 0 Å². The Morgan fingerprint density at radius 2 is 2.36 bits per heavy atom. The van der Waals surface area contributed by atoms with Gasteiger partial charge in [-0.05, 0) is 25.5 Å². The molecule has 0 aromatic carbocycles. The molecule has 0 saturated heterocycles. The van der Waals surface area contributed by atoms with Gasteiger partial charge >= 0.3 is 0 Å². The minimum Gasteiger partial charge on any atom is -0.495 e. The van der Waals surface area contributed by atoms with E-state index < -0.39 is 0 Å². The van der Waals surface area contributed by atoms with Crippen LogP contribution in [0, 0.1) is 0 Å². The molecular formula is C10H16N2O2. The summed E-state index contributed by atoms with van der Waals surface area (Å²) in [4.78, 5) is 4.13. The summed E-state index contributed by atoms with van der Waals surface area (Å²) in [6.45, 7) is 2.49. The first-order valence-electron chi connectivity index (χ1n) is 4.64. The highest BCUT2D eigenvalue weighted by Crippen LogP contribution is 2.10. The van der Waals surface area contributed by atoms with E-state index in [2.05, 4.69) is 10.3 Å². The van der Waals surface area contributed by atoms with Gasteiger partial charge in [-0.2, -0.15) is 0 Å². The van der Waals surface area contributed by atoms with Crippen molar-refractivity contribution < 1.29 is 9.84 Å². The van der Waals surface area contributed by atoms with E-state index in [-0.39, 0.29) is 6.10 Å². The van der Waals surface area contributed by atoms with Gasteiger partial charge in [0.2, 0.25) is 0 Å². The number of hydrogen-bond acceptors (Lipinski definition) is 4. The largest absolute Gasteiger partial charge is 0.495 e. The van der Waals surface area contributed by atoms with Crippen LogP contribution in [0.15, 0.2) is 18.3 Å². The fraction of sp³-hybridized carbons (Fsp3) is 0.500. The number of rotatable bonds is 5. The number of hydrogen-bond donors (Lipinski definition) is 2. The fourth-order valence-electron chi connectivity index (χ4n) is 1.01. The van der Waals surface area contributed by atoms with Crippen LogP contribution >= 0.6 is 0 Å². The van der Waals surface area contributed by atoms with E-state index in [1.165, 1.54) is 0 Å². The third-order valence-electron chi connectivity index (χ3n) is 1.84. The predicted molar refractivity (Wildman–Crippen MR) is 55.6 cm³/mol.